The Kier molecular flexibility index (Phi) is 5.22. The summed E-state index contributed by atoms with van der Waals surface area (Å²) in [4.78, 5) is 14.8. The Labute approximate surface area is 117 Å². The van der Waals surface area contributed by atoms with Crippen molar-refractivity contribution in [1.29, 1.82) is 0 Å². The fraction of sp³-hybridized carbons (Fsp3) is 0.933. The van der Waals surface area contributed by atoms with Crippen molar-refractivity contribution in [3.8, 4) is 0 Å². The number of rotatable bonds is 4. The van der Waals surface area contributed by atoms with Gasteiger partial charge in [0.2, 0.25) is 5.91 Å². The Balaban J connectivity index is 1.90. The van der Waals surface area contributed by atoms with Crippen LogP contribution in [0.1, 0.15) is 58.3 Å². The molecule has 1 saturated carbocycles. The quantitative estimate of drug-likeness (QED) is 0.814. The van der Waals surface area contributed by atoms with E-state index in [0.717, 1.165) is 25.9 Å². The van der Waals surface area contributed by atoms with Gasteiger partial charge in [0.05, 0.1) is 11.6 Å². The standard InChI is InChI=1S/C15H29N3O/c1-13(18-10-6-2-3-7-11-18)14(19)17-15(12-16)8-4-5-9-15/h13H,2-12,16H2,1H3,(H,17,19). The van der Waals surface area contributed by atoms with Crippen molar-refractivity contribution in [3.63, 3.8) is 0 Å². The molecule has 2 rings (SSSR count). The Morgan fingerprint density at radius 1 is 1.16 bits per heavy atom. The average molecular weight is 267 g/mol. The van der Waals surface area contributed by atoms with Crippen molar-refractivity contribution < 1.29 is 4.79 Å². The summed E-state index contributed by atoms with van der Waals surface area (Å²) in [6.45, 7) is 4.74. The van der Waals surface area contributed by atoms with E-state index in [0.29, 0.717) is 6.54 Å². The van der Waals surface area contributed by atoms with Crippen LogP contribution in [0.25, 0.3) is 0 Å². The van der Waals surface area contributed by atoms with Gasteiger partial charge in [-0.2, -0.15) is 0 Å². The fourth-order valence-corrected chi connectivity index (χ4v) is 3.45. The molecule has 4 nitrogen and oxygen atoms in total. The van der Waals surface area contributed by atoms with Crippen LogP contribution < -0.4 is 11.1 Å². The number of carbonyl (C=O) groups is 1. The van der Waals surface area contributed by atoms with Crippen molar-refractivity contribution in [1.82, 2.24) is 10.2 Å². The molecule has 2 aliphatic rings. The summed E-state index contributed by atoms with van der Waals surface area (Å²) < 4.78 is 0. The Morgan fingerprint density at radius 2 is 1.74 bits per heavy atom. The molecule has 0 aromatic carbocycles. The Morgan fingerprint density at radius 3 is 2.26 bits per heavy atom. The van der Waals surface area contributed by atoms with Gasteiger partial charge in [0.1, 0.15) is 0 Å². The molecule has 3 N–H and O–H groups in total. The second-order valence-electron chi connectivity index (χ2n) is 6.31. The minimum atomic E-state index is -0.114. The first-order valence-corrected chi connectivity index (χ1v) is 7.93. The van der Waals surface area contributed by atoms with Crippen molar-refractivity contribution >= 4 is 5.91 Å². The number of hydrogen-bond donors (Lipinski definition) is 2. The lowest BCUT2D eigenvalue weighted by Crippen LogP contribution is -2.56. The first-order valence-electron chi connectivity index (χ1n) is 7.93. The maximum Gasteiger partial charge on any atom is 0.237 e. The van der Waals surface area contributed by atoms with Crippen LogP contribution in [0.15, 0.2) is 0 Å². The highest BCUT2D eigenvalue weighted by molar-refractivity contribution is 5.82. The summed E-state index contributed by atoms with van der Waals surface area (Å²) in [5.74, 6) is 0.175. The second-order valence-corrected chi connectivity index (χ2v) is 6.31. The summed E-state index contributed by atoms with van der Waals surface area (Å²) in [7, 11) is 0. The van der Waals surface area contributed by atoms with Crippen LogP contribution >= 0.6 is 0 Å². The van der Waals surface area contributed by atoms with E-state index in [1.165, 1.54) is 38.5 Å². The molecule has 19 heavy (non-hydrogen) atoms. The van der Waals surface area contributed by atoms with E-state index in [-0.39, 0.29) is 17.5 Å². The van der Waals surface area contributed by atoms with Crippen LogP contribution in [0.2, 0.25) is 0 Å². The van der Waals surface area contributed by atoms with Crippen LogP contribution in [0.3, 0.4) is 0 Å². The van der Waals surface area contributed by atoms with Crippen molar-refractivity contribution in [2.75, 3.05) is 19.6 Å². The molecule has 4 heteroatoms. The van der Waals surface area contributed by atoms with Crippen LogP contribution in [0.5, 0.6) is 0 Å². The van der Waals surface area contributed by atoms with Crippen molar-refractivity contribution in [2.24, 2.45) is 5.73 Å². The van der Waals surface area contributed by atoms with Crippen LogP contribution in [-0.2, 0) is 4.79 Å². The zero-order valence-electron chi connectivity index (χ0n) is 12.3. The third-order valence-corrected chi connectivity index (χ3v) is 4.91. The van der Waals surface area contributed by atoms with E-state index in [9.17, 15) is 4.79 Å². The number of amides is 1. The fourth-order valence-electron chi connectivity index (χ4n) is 3.45. The van der Waals surface area contributed by atoms with E-state index in [1.807, 2.05) is 6.92 Å². The lowest BCUT2D eigenvalue weighted by Gasteiger charge is -2.33. The van der Waals surface area contributed by atoms with Crippen LogP contribution in [0, 0.1) is 0 Å². The van der Waals surface area contributed by atoms with Crippen molar-refractivity contribution in [2.45, 2.75) is 69.9 Å². The van der Waals surface area contributed by atoms with Gasteiger partial charge >= 0.3 is 0 Å². The highest BCUT2D eigenvalue weighted by Crippen LogP contribution is 2.28. The summed E-state index contributed by atoms with van der Waals surface area (Å²) in [5, 5.41) is 3.25. The van der Waals surface area contributed by atoms with Gasteiger partial charge in [0.15, 0.2) is 0 Å². The van der Waals surface area contributed by atoms with E-state index in [1.54, 1.807) is 0 Å². The number of nitrogens with two attached hydrogens (primary N) is 1. The molecule has 2 fully saturated rings. The maximum absolute atomic E-state index is 12.5. The third kappa shape index (κ3) is 3.69. The average Bonchev–Trinajstić information content (AvgIpc) is 2.72. The minimum Gasteiger partial charge on any atom is -0.348 e. The van der Waals surface area contributed by atoms with Crippen LogP contribution in [-0.4, -0.2) is 42.0 Å². The van der Waals surface area contributed by atoms with E-state index >= 15 is 0 Å². The molecule has 0 radical (unpaired) electrons. The predicted molar refractivity (Wildman–Crippen MR) is 77.9 cm³/mol. The molecule has 1 saturated heterocycles. The predicted octanol–water partition coefficient (Wildman–Crippen LogP) is 1.64. The zero-order valence-corrected chi connectivity index (χ0v) is 12.3. The topological polar surface area (TPSA) is 58.4 Å². The highest BCUT2D eigenvalue weighted by Gasteiger charge is 2.35. The molecule has 0 aromatic heterocycles. The molecular weight excluding hydrogens is 238 g/mol. The summed E-state index contributed by atoms with van der Waals surface area (Å²) in [6, 6.07) is -0.0119. The van der Waals surface area contributed by atoms with Gasteiger partial charge in [-0.1, -0.05) is 25.7 Å². The molecule has 1 aliphatic heterocycles. The number of hydrogen-bond acceptors (Lipinski definition) is 3. The van der Waals surface area contributed by atoms with Gasteiger partial charge in [-0.15, -0.1) is 0 Å². The molecule has 1 unspecified atom stereocenters. The number of carbonyl (C=O) groups excluding carboxylic acids is 1. The lowest BCUT2D eigenvalue weighted by atomic mass is 9.97. The second kappa shape index (κ2) is 6.71. The van der Waals surface area contributed by atoms with Crippen LogP contribution in [0.4, 0.5) is 0 Å². The van der Waals surface area contributed by atoms with E-state index < -0.39 is 0 Å². The molecule has 0 bridgehead atoms. The molecule has 0 spiro atoms. The van der Waals surface area contributed by atoms with Gasteiger partial charge in [0.25, 0.3) is 0 Å². The smallest absolute Gasteiger partial charge is 0.237 e. The number of likely N-dealkylation sites (tertiary alicyclic amines) is 1. The monoisotopic (exact) mass is 267 g/mol. The third-order valence-electron chi connectivity index (χ3n) is 4.91. The Bertz CT molecular complexity index is 292. The molecule has 1 aliphatic carbocycles. The summed E-state index contributed by atoms with van der Waals surface area (Å²) in [6.07, 6.45) is 9.52. The van der Waals surface area contributed by atoms with Crippen molar-refractivity contribution in [3.05, 3.63) is 0 Å². The molecule has 0 aromatic rings. The largest absolute Gasteiger partial charge is 0.348 e. The molecule has 1 amide bonds. The number of nitrogens with one attached hydrogen (secondary N) is 1. The highest BCUT2D eigenvalue weighted by atomic mass is 16.2. The van der Waals surface area contributed by atoms with Gasteiger partial charge in [-0.25, -0.2) is 0 Å². The zero-order chi connectivity index (χ0) is 13.7. The maximum atomic E-state index is 12.5. The summed E-state index contributed by atoms with van der Waals surface area (Å²) in [5.41, 5.74) is 5.78. The molecule has 110 valence electrons. The normalized spacial score (nSPS) is 25.8. The lowest BCUT2D eigenvalue weighted by molar-refractivity contribution is -0.127. The van der Waals surface area contributed by atoms with Gasteiger partial charge in [-0.05, 0) is 45.7 Å². The first-order chi connectivity index (χ1) is 9.17. The molecule has 1 atom stereocenters. The van der Waals surface area contributed by atoms with E-state index in [4.69, 9.17) is 5.73 Å². The van der Waals surface area contributed by atoms with Gasteiger partial charge in [-0.3, -0.25) is 9.69 Å². The van der Waals surface area contributed by atoms with Gasteiger partial charge < -0.3 is 11.1 Å². The first kappa shape index (κ1) is 14.8. The minimum absolute atomic E-state index is 0.0119. The van der Waals surface area contributed by atoms with E-state index in [2.05, 4.69) is 10.2 Å². The number of nitrogens with zero attached hydrogens (tertiary/aromatic N) is 1. The Hall–Kier alpha value is -0.610. The molecular formula is C15H29N3O. The summed E-state index contributed by atoms with van der Waals surface area (Å²) >= 11 is 0. The molecule has 1 heterocycles. The SMILES string of the molecule is CC(C(=O)NC1(CN)CCCC1)N1CCCCCC1. The van der Waals surface area contributed by atoms with Gasteiger partial charge in [0, 0.05) is 6.54 Å².